The molecule has 1 aliphatic carbocycles. The first-order valence-corrected chi connectivity index (χ1v) is 6.61. The number of benzene rings is 1. The molecule has 2 rings (SSSR count). The fraction of sp³-hybridized carbons (Fsp3) is 0.600. The predicted octanol–water partition coefficient (Wildman–Crippen LogP) is 2.80. The first-order valence-electron chi connectivity index (χ1n) is 6.61. The lowest BCUT2D eigenvalue weighted by atomic mass is 10.0. The number of ether oxygens (including phenoxy) is 1. The van der Waals surface area contributed by atoms with Crippen molar-refractivity contribution in [3.05, 3.63) is 35.9 Å². The van der Waals surface area contributed by atoms with Crippen molar-refractivity contribution in [1.29, 1.82) is 0 Å². The zero-order valence-electron chi connectivity index (χ0n) is 11.0. The van der Waals surface area contributed by atoms with Crippen LogP contribution in [0.3, 0.4) is 0 Å². The van der Waals surface area contributed by atoms with Crippen LogP contribution in [0.2, 0.25) is 0 Å². The van der Waals surface area contributed by atoms with E-state index in [-0.39, 0.29) is 0 Å². The molecule has 94 valence electrons. The lowest BCUT2D eigenvalue weighted by Crippen LogP contribution is -2.39. The van der Waals surface area contributed by atoms with Gasteiger partial charge in [0.2, 0.25) is 0 Å². The molecule has 2 heteroatoms. The molecule has 1 N–H and O–H groups in total. The molecule has 1 fully saturated rings. The van der Waals surface area contributed by atoms with Crippen molar-refractivity contribution in [1.82, 2.24) is 5.32 Å². The van der Waals surface area contributed by atoms with E-state index in [1.54, 1.807) is 0 Å². The van der Waals surface area contributed by atoms with Crippen LogP contribution in [0.5, 0.6) is 0 Å². The predicted molar refractivity (Wildman–Crippen MR) is 71.2 cm³/mol. The van der Waals surface area contributed by atoms with Gasteiger partial charge >= 0.3 is 0 Å². The molecule has 1 aromatic rings. The highest BCUT2D eigenvalue weighted by atomic mass is 16.5. The molecule has 1 aromatic carbocycles. The van der Waals surface area contributed by atoms with Gasteiger partial charge in [0, 0.05) is 12.6 Å². The molecule has 4 atom stereocenters. The normalized spacial score (nSPS) is 26.5. The van der Waals surface area contributed by atoms with Crippen molar-refractivity contribution in [2.45, 2.75) is 38.3 Å². The number of hydrogen-bond acceptors (Lipinski definition) is 2. The maximum absolute atomic E-state index is 5.72. The van der Waals surface area contributed by atoms with Crippen molar-refractivity contribution in [2.75, 3.05) is 13.7 Å². The monoisotopic (exact) mass is 233 g/mol. The lowest BCUT2D eigenvalue weighted by Gasteiger charge is -2.23. The van der Waals surface area contributed by atoms with Gasteiger partial charge in [0.15, 0.2) is 0 Å². The summed E-state index contributed by atoms with van der Waals surface area (Å²) in [5, 5.41) is 3.42. The number of hydrogen-bond donors (Lipinski definition) is 1. The average Bonchev–Trinajstić information content (AvgIpc) is 3.12. The highest BCUT2D eigenvalue weighted by Gasteiger charge is 2.45. The highest BCUT2D eigenvalue weighted by molar-refractivity contribution is 5.26. The second-order valence-corrected chi connectivity index (χ2v) is 4.89. The third-order valence-electron chi connectivity index (χ3n) is 3.80. The molecular weight excluding hydrogens is 210 g/mol. The summed E-state index contributed by atoms with van der Waals surface area (Å²) in [5.74, 6) is 1.44. The fourth-order valence-electron chi connectivity index (χ4n) is 2.86. The molecule has 0 spiro atoms. The Morgan fingerprint density at radius 2 is 2.06 bits per heavy atom. The molecule has 4 unspecified atom stereocenters. The van der Waals surface area contributed by atoms with Gasteiger partial charge in [-0.25, -0.2) is 0 Å². The third-order valence-corrected chi connectivity index (χ3v) is 3.80. The molecule has 0 aromatic heterocycles. The van der Waals surface area contributed by atoms with Crippen molar-refractivity contribution in [3.8, 4) is 0 Å². The standard InChI is InChI=1S/C15H23NO/c1-4-17-11(2)15(16-3)14-10-13(14)12-8-6-5-7-9-12/h5-9,11,13-16H,4,10H2,1-3H3. The fourth-order valence-corrected chi connectivity index (χ4v) is 2.86. The van der Waals surface area contributed by atoms with Crippen LogP contribution < -0.4 is 5.32 Å². The van der Waals surface area contributed by atoms with E-state index in [1.807, 2.05) is 7.05 Å². The first-order chi connectivity index (χ1) is 8.27. The van der Waals surface area contributed by atoms with Crippen LogP contribution in [0.1, 0.15) is 31.7 Å². The van der Waals surface area contributed by atoms with Crippen LogP contribution in [0.25, 0.3) is 0 Å². The topological polar surface area (TPSA) is 21.3 Å². The van der Waals surface area contributed by atoms with E-state index in [1.165, 1.54) is 12.0 Å². The Hall–Kier alpha value is -0.860. The Morgan fingerprint density at radius 1 is 1.35 bits per heavy atom. The lowest BCUT2D eigenvalue weighted by molar-refractivity contribution is 0.0431. The molecule has 0 aliphatic heterocycles. The van der Waals surface area contributed by atoms with E-state index in [0.29, 0.717) is 12.1 Å². The minimum atomic E-state index is 0.295. The minimum Gasteiger partial charge on any atom is -0.377 e. The number of nitrogens with one attached hydrogen (secondary N) is 1. The second kappa shape index (κ2) is 5.65. The Bertz CT molecular complexity index is 338. The van der Waals surface area contributed by atoms with E-state index in [2.05, 4.69) is 49.5 Å². The van der Waals surface area contributed by atoms with Gasteiger partial charge in [0.05, 0.1) is 6.10 Å². The molecule has 0 saturated heterocycles. The van der Waals surface area contributed by atoms with Gasteiger partial charge in [0.1, 0.15) is 0 Å². The second-order valence-electron chi connectivity index (χ2n) is 4.89. The van der Waals surface area contributed by atoms with E-state index >= 15 is 0 Å². The zero-order chi connectivity index (χ0) is 12.3. The summed E-state index contributed by atoms with van der Waals surface area (Å²) in [6.07, 6.45) is 1.58. The molecule has 1 saturated carbocycles. The van der Waals surface area contributed by atoms with Crippen LogP contribution in [-0.4, -0.2) is 25.8 Å². The quantitative estimate of drug-likeness (QED) is 0.816. The van der Waals surface area contributed by atoms with E-state index in [4.69, 9.17) is 4.74 Å². The SMILES string of the molecule is CCOC(C)C(NC)C1CC1c1ccccc1. The average molecular weight is 233 g/mol. The highest BCUT2D eigenvalue weighted by Crippen LogP contribution is 2.50. The van der Waals surface area contributed by atoms with Crippen LogP contribution in [0.4, 0.5) is 0 Å². The van der Waals surface area contributed by atoms with Gasteiger partial charge in [-0.1, -0.05) is 30.3 Å². The third kappa shape index (κ3) is 2.88. The molecule has 17 heavy (non-hydrogen) atoms. The van der Waals surface area contributed by atoms with Gasteiger partial charge in [-0.3, -0.25) is 0 Å². The molecule has 0 heterocycles. The molecule has 0 radical (unpaired) electrons. The van der Waals surface area contributed by atoms with Crippen LogP contribution in [0, 0.1) is 5.92 Å². The first kappa shape index (κ1) is 12.6. The molecule has 1 aliphatic rings. The van der Waals surface area contributed by atoms with Crippen LogP contribution in [0.15, 0.2) is 30.3 Å². The zero-order valence-corrected chi connectivity index (χ0v) is 11.0. The van der Waals surface area contributed by atoms with E-state index in [0.717, 1.165) is 18.4 Å². The minimum absolute atomic E-state index is 0.295. The van der Waals surface area contributed by atoms with Gasteiger partial charge in [-0.15, -0.1) is 0 Å². The summed E-state index contributed by atoms with van der Waals surface area (Å²) in [4.78, 5) is 0. The van der Waals surface area contributed by atoms with Crippen molar-refractivity contribution >= 4 is 0 Å². The summed E-state index contributed by atoms with van der Waals surface area (Å²) < 4.78 is 5.72. The Balaban J connectivity index is 1.96. The summed E-state index contributed by atoms with van der Waals surface area (Å²) in [6.45, 7) is 5.03. The van der Waals surface area contributed by atoms with Crippen molar-refractivity contribution in [3.63, 3.8) is 0 Å². The Kier molecular flexibility index (Phi) is 4.19. The molecule has 2 nitrogen and oxygen atoms in total. The van der Waals surface area contributed by atoms with E-state index in [9.17, 15) is 0 Å². The Labute approximate surface area is 104 Å². The molecular formula is C15H23NO. The van der Waals surface area contributed by atoms with Crippen LogP contribution in [-0.2, 0) is 4.74 Å². The van der Waals surface area contributed by atoms with Gasteiger partial charge in [-0.05, 0) is 44.7 Å². The summed E-state index contributed by atoms with van der Waals surface area (Å²) in [6, 6.07) is 11.3. The summed E-state index contributed by atoms with van der Waals surface area (Å²) in [5.41, 5.74) is 1.47. The Morgan fingerprint density at radius 3 is 2.65 bits per heavy atom. The maximum Gasteiger partial charge on any atom is 0.0702 e. The van der Waals surface area contributed by atoms with Crippen molar-refractivity contribution in [2.24, 2.45) is 5.92 Å². The van der Waals surface area contributed by atoms with E-state index < -0.39 is 0 Å². The van der Waals surface area contributed by atoms with Gasteiger partial charge in [0.25, 0.3) is 0 Å². The number of rotatable bonds is 6. The number of likely N-dealkylation sites (N-methyl/N-ethyl adjacent to an activating group) is 1. The largest absolute Gasteiger partial charge is 0.377 e. The smallest absolute Gasteiger partial charge is 0.0702 e. The summed E-state index contributed by atoms with van der Waals surface area (Å²) in [7, 11) is 2.04. The molecule has 0 bridgehead atoms. The van der Waals surface area contributed by atoms with Gasteiger partial charge in [-0.2, -0.15) is 0 Å². The summed E-state index contributed by atoms with van der Waals surface area (Å²) >= 11 is 0. The maximum atomic E-state index is 5.72. The molecule has 0 amide bonds. The van der Waals surface area contributed by atoms with Crippen molar-refractivity contribution < 1.29 is 4.74 Å². The van der Waals surface area contributed by atoms with Gasteiger partial charge < -0.3 is 10.1 Å². The van der Waals surface area contributed by atoms with Crippen LogP contribution >= 0.6 is 0 Å².